The third kappa shape index (κ3) is 2.12. The van der Waals surface area contributed by atoms with Gasteiger partial charge in [-0.15, -0.1) is 11.8 Å². The highest BCUT2D eigenvalue weighted by Crippen LogP contribution is 2.25. The van der Waals surface area contributed by atoms with Crippen molar-refractivity contribution < 1.29 is 14.7 Å². The molecule has 1 amide bonds. The number of thioether (sulfide) groups is 1. The predicted octanol–water partition coefficient (Wildman–Crippen LogP) is 1.83. The molecule has 1 saturated heterocycles. The minimum atomic E-state index is -0.962. The summed E-state index contributed by atoms with van der Waals surface area (Å²) >= 11 is 1.45. The Hall–Kier alpha value is -2.08. The number of pyridine rings is 1. The van der Waals surface area contributed by atoms with E-state index in [1.807, 2.05) is 18.2 Å². The Morgan fingerprint density at radius 3 is 2.90 bits per heavy atom. The van der Waals surface area contributed by atoms with Crippen LogP contribution in [0.25, 0.3) is 10.9 Å². The van der Waals surface area contributed by atoms with Gasteiger partial charge < -0.3 is 10.0 Å². The van der Waals surface area contributed by atoms with E-state index in [-0.39, 0.29) is 5.91 Å². The first-order valence-electron chi connectivity index (χ1n) is 6.14. The van der Waals surface area contributed by atoms with Crippen LogP contribution in [0.2, 0.25) is 0 Å². The summed E-state index contributed by atoms with van der Waals surface area (Å²) in [5.41, 5.74) is 1.07. The smallest absolute Gasteiger partial charge is 0.327 e. The number of rotatable bonds is 2. The summed E-state index contributed by atoms with van der Waals surface area (Å²) < 4.78 is 0. The summed E-state index contributed by atoms with van der Waals surface area (Å²) in [6, 6.07) is 8.29. The number of hydrogen-bond donors (Lipinski definition) is 1. The molecule has 1 aromatic carbocycles. The first-order chi connectivity index (χ1) is 9.68. The van der Waals surface area contributed by atoms with Crippen LogP contribution in [0.1, 0.15) is 10.4 Å². The molecule has 1 fully saturated rings. The Morgan fingerprint density at radius 2 is 2.10 bits per heavy atom. The third-order valence-corrected chi connectivity index (χ3v) is 4.30. The van der Waals surface area contributed by atoms with Crippen LogP contribution in [-0.4, -0.2) is 44.5 Å². The van der Waals surface area contributed by atoms with Crippen molar-refractivity contribution in [2.45, 2.75) is 6.04 Å². The molecule has 5 nitrogen and oxygen atoms in total. The molecule has 1 aromatic heterocycles. The number of carbonyl (C=O) groups is 2. The molecule has 2 aromatic rings. The van der Waals surface area contributed by atoms with Crippen molar-refractivity contribution in [1.29, 1.82) is 0 Å². The lowest BCUT2D eigenvalue weighted by atomic mass is 10.1. The SMILES string of the molecule is O=C(O)C1CSCN1C(=O)c1cccc2cccnc12. The first-order valence-corrected chi connectivity index (χ1v) is 7.29. The number of para-hydroxylation sites is 1. The molecule has 1 aliphatic heterocycles. The lowest BCUT2D eigenvalue weighted by molar-refractivity contribution is -0.140. The average molecular weight is 288 g/mol. The number of amides is 1. The Bertz CT molecular complexity index is 684. The van der Waals surface area contributed by atoms with Crippen molar-refractivity contribution in [3.05, 3.63) is 42.1 Å². The first kappa shape index (κ1) is 12.9. The molecule has 0 spiro atoms. The Kier molecular flexibility index (Phi) is 3.31. The second kappa shape index (κ2) is 5.13. The number of benzene rings is 1. The quantitative estimate of drug-likeness (QED) is 0.913. The van der Waals surface area contributed by atoms with Crippen LogP contribution in [0.3, 0.4) is 0 Å². The second-order valence-corrected chi connectivity index (χ2v) is 5.51. The normalized spacial score (nSPS) is 18.4. The molecule has 102 valence electrons. The Balaban J connectivity index is 2.03. The summed E-state index contributed by atoms with van der Waals surface area (Å²) in [6.07, 6.45) is 1.63. The lowest BCUT2D eigenvalue weighted by Crippen LogP contribution is -2.41. The van der Waals surface area contributed by atoms with E-state index in [1.54, 1.807) is 18.3 Å². The van der Waals surface area contributed by atoms with Gasteiger partial charge in [-0.3, -0.25) is 9.78 Å². The summed E-state index contributed by atoms with van der Waals surface area (Å²) in [5.74, 6) is -0.401. The van der Waals surface area contributed by atoms with Gasteiger partial charge in [0.1, 0.15) is 6.04 Å². The molecule has 1 unspecified atom stereocenters. The van der Waals surface area contributed by atoms with Gasteiger partial charge in [-0.05, 0) is 12.1 Å². The molecule has 0 saturated carbocycles. The largest absolute Gasteiger partial charge is 0.480 e. The minimum absolute atomic E-state index is 0.272. The van der Waals surface area contributed by atoms with Gasteiger partial charge in [-0.2, -0.15) is 0 Å². The average Bonchev–Trinajstić information content (AvgIpc) is 2.95. The summed E-state index contributed by atoms with van der Waals surface area (Å²) in [5, 5.41) is 10.0. The zero-order chi connectivity index (χ0) is 14.1. The van der Waals surface area contributed by atoms with Crippen LogP contribution in [0.5, 0.6) is 0 Å². The number of fused-ring (bicyclic) bond motifs is 1. The van der Waals surface area contributed by atoms with E-state index in [0.717, 1.165) is 5.39 Å². The number of carboxylic acid groups (broad SMARTS) is 1. The molecule has 0 bridgehead atoms. The van der Waals surface area contributed by atoms with E-state index in [0.29, 0.717) is 22.7 Å². The van der Waals surface area contributed by atoms with E-state index >= 15 is 0 Å². The van der Waals surface area contributed by atoms with Gasteiger partial charge in [-0.25, -0.2) is 4.79 Å². The molecule has 6 heteroatoms. The van der Waals surface area contributed by atoms with Crippen molar-refractivity contribution in [2.75, 3.05) is 11.6 Å². The predicted molar refractivity (Wildman–Crippen MR) is 76.7 cm³/mol. The number of nitrogens with zero attached hydrogens (tertiary/aromatic N) is 2. The maximum Gasteiger partial charge on any atom is 0.327 e. The molecule has 2 heterocycles. The fourth-order valence-electron chi connectivity index (χ4n) is 2.28. The summed E-state index contributed by atoms with van der Waals surface area (Å²) in [7, 11) is 0. The fraction of sp³-hybridized carbons (Fsp3) is 0.214. The van der Waals surface area contributed by atoms with Crippen LogP contribution in [0.4, 0.5) is 0 Å². The van der Waals surface area contributed by atoms with Crippen LogP contribution < -0.4 is 0 Å². The van der Waals surface area contributed by atoms with Crippen molar-refractivity contribution in [2.24, 2.45) is 0 Å². The molecule has 0 radical (unpaired) electrons. The molecular weight excluding hydrogens is 276 g/mol. The summed E-state index contributed by atoms with van der Waals surface area (Å²) in [4.78, 5) is 29.4. The number of aromatic nitrogens is 1. The third-order valence-electron chi connectivity index (χ3n) is 3.29. The van der Waals surface area contributed by atoms with Gasteiger partial charge in [0.2, 0.25) is 0 Å². The Labute approximate surface area is 119 Å². The van der Waals surface area contributed by atoms with Gasteiger partial charge in [0, 0.05) is 17.3 Å². The monoisotopic (exact) mass is 288 g/mol. The molecule has 3 rings (SSSR count). The number of carbonyl (C=O) groups excluding carboxylic acids is 1. The number of carboxylic acids is 1. The van der Waals surface area contributed by atoms with Gasteiger partial charge in [0.05, 0.1) is 17.0 Å². The molecule has 0 aliphatic carbocycles. The van der Waals surface area contributed by atoms with E-state index in [1.165, 1.54) is 16.7 Å². The Morgan fingerprint density at radius 1 is 1.30 bits per heavy atom. The maximum atomic E-state index is 12.6. The molecule has 1 atom stereocenters. The molecular formula is C14H12N2O3S. The van der Waals surface area contributed by atoms with Crippen molar-refractivity contribution in [3.63, 3.8) is 0 Å². The van der Waals surface area contributed by atoms with E-state index < -0.39 is 12.0 Å². The van der Waals surface area contributed by atoms with Crippen molar-refractivity contribution in [1.82, 2.24) is 9.88 Å². The minimum Gasteiger partial charge on any atom is -0.480 e. The molecule has 1 N–H and O–H groups in total. The van der Waals surface area contributed by atoms with Crippen LogP contribution in [-0.2, 0) is 4.79 Å². The van der Waals surface area contributed by atoms with Gasteiger partial charge >= 0.3 is 5.97 Å². The zero-order valence-corrected chi connectivity index (χ0v) is 11.3. The van der Waals surface area contributed by atoms with Gasteiger partial charge in [0.15, 0.2) is 0 Å². The zero-order valence-electron chi connectivity index (χ0n) is 10.5. The highest BCUT2D eigenvalue weighted by molar-refractivity contribution is 7.99. The highest BCUT2D eigenvalue weighted by atomic mass is 32.2. The van der Waals surface area contributed by atoms with Crippen molar-refractivity contribution in [3.8, 4) is 0 Å². The second-order valence-electron chi connectivity index (χ2n) is 4.51. The van der Waals surface area contributed by atoms with Crippen molar-refractivity contribution >= 4 is 34.5 Å². The molecule has 20 heavy (non-hydrogen) atoms. The summed E-state index contributed by atoms with van der Waals surface area (Å²) in [6.45, 7) is 0. The van der Waals surface area contributed by atoms with Crippen LogP contribution >= 0.6 is 11.8 Å². The van der Waals surface area contributed by atoms with E-state index in [4.69, 9.17) is 5.11 Å². The van der Waals surface area contributed by atoms with Crippen LogP contribution in [0, 0.1) is 0 Å². The standard InChI is InChI=1S/C14H12N2O3S/c17-13(16-8-20-7-11(16)14(18)19)10-5-1-3-9-4-2-6-15-12(9)10/h1-6,11H,7-8H2,(H,18,19). The van der Waals surface area contributed by atoms with E-state index in [2.05, 4.69) is 4.98 Å². The molecule has 1 aliphatic rings. The topological polar surface area (TPSA) is 70.5 Å². The number of hydrogen-bond acceptors (Lipinski definition) is 4. The number of aliphatic carboxylic acids is 1. The van der Waals surface area contributed by atoms with Crippen LogP contribution in [0.15, 0.2) is 36.5 Å². The highest BCUT2D eigenvalue weighted by Gasteiger charge is 2.35. The maximum absolute atomic E-state index is 12.6. The fourth-order valence-corrected chi connectivity index (χ4v) is 3.42. The van der Waals surface area contributed by atoms with Gasteiger partial charge in [0.25, 0.3) is 5.91 Å². The lowest BCUT2D eigenvalue weighted by Gasteiger charge is -2.20. The van der Waals surface area contributed by atoms with Gasteiger partial charge in [-0.1, -0.05) is 18.2 Å². The van der Waals surface area contributed by atoms with E-state index in [9.17, 15) is 9.59 Å².